The molecule has 2 bridgehead atoms. The molecule has 0 spiro atoms. The average Bonchev–Trinajstić information content (AvgIpc) is 3.14. The van der Waals surface area contributed by atoms with Crippen LogP contribution in [0.5, 0.6) is 0 Å². The second kappa shape index (κ2) is 5.93. The van der Waals surface area contributed by atoms with Crippen molar-refractivity contribution in [3.05, 3.63) is 17.5 Å². The van der Waals surface area contributed by atoms with Crippen LogP contribution in [0.25, 0.3) is 0 Å². The number of rotatable bonds is 2. The van der Waals surface area contributed by atoms with Crippen molar-refractivity contribution >= 4 is 5.91 Å². The molecule has 2 N–H and O–H groups in total. The first-order chi connectivity index (χ1) is 11.1. The van der Waals surface area contributed by atoms with Crippen molar-refractivity contribution < 1.29 is 9.32 Å². The van der Waals surface area contributed by atoms with Crippen molar-refractivity contribution in [3.63, 3.8) is 0 Å². The van der Waals surface area contributed by atoms with Crippen LogP contribution in [-0.4, -0.2) is 28.6 Å². The maximum Gasteiger partial charge on any atom is 0.226 e. The fourth-order valence-electron chi connectivity index (χ4n) is 5.09. The van der Waals surface area contributed by atoms with Gasteiger partial charge in [0.2, 0.25) is 5.91 Å². The minimum Gasteiger partial charge on any atom is -0.359 e. The standard InChI is InChI=1S/C18H27N3O2/c1-11-8-16(23-20-11)15-6-3-7-21(15)18(22)14-9-12-4-2-5-13(10-14)17(12)19/h8,12-15,17H,2-7,9-10,19H2,1H3. The number of nitrogens with zero attached hydrogens (tertiary/aromatic N) is 2. The van der Waals surface area contributed by atoms with Crippen molar-refractivity contribution in [3.8, 4) is 0 Å². The molecule has 1 saturated heterocycles. The monoisotopic (exact) mass is 317 g/mol. The lowest BCUT2D eigenvalue weighted by Gasteiger charge is -2.44. The van der Waals surface area contributed by atoms with Crippen molar-refractivity contribution in [2.75, 3.05) is 6.54 Å². The maximum absolute atomic E-state index is 13.2. The number of hydrogen-bond donors (Lipinski definition) is 1. The Labute approximate surface area is 137 Å². The van der Waals surface area contributed by atoms with Crippen LogP contribution in [0.1, 0.15) is 62.4 Å². The molecule has 5 heteroatoms. The van der Waals surface area contributed by atoms with Crippen molar-refractivity contribution in [1.29, 1.82) is 0 Å². The van der Waals surface area contributed by atoms with Crippen LogP contribution in [0, 0.1) is 24.7 Å². The molecular formula is C18H27N3O2. The van der Waals surface area contributed by atoms with E-state index in [-0.39, 0.29) is 12.0 Å². The van der Waals surface area contributed by atoms with E-state index < -0.39 is 0 Å². The number of carbonyl (C=O) groups is 1. The summed E-state index contributed by atoms with van der Waals surface area (Å²) in [7, 11) is 0. The number of likely N-dealkylation sites (tertiary alicyclic amines) is 1. The molecule has 2 heterocycles. The molecule has 126 valence electrons. The third-order valence-corrected chi connectivity index (χ3v) is 6.27. The van der Waals surface area contributed by atoms with E-state index in [0.29, 0.717) is 23.8 Å². The molecule has 1 aromatic heterocycles. The molecule has 1 aliphatic heterocycles. The summed E-state index contributed by atoms with van der Waals surface area (Å²) in [6.07, 6.45) is 7.69. The van der Waals surface area contributed by atoms with Crippen molar-refractivity contribution in [2.24, 2.45) is 23.5 Å². The summed E-state index contributed by atoms with van der Waals surface area (Å²) in [5.74, 6) is 2.43. The normalized spacial score (nSPS) is 37.1. The third kappa shape index (κ3) is 2.69. The molecule has 0 radical (unpaired) electrons. The average molecular weight is 317 g/mol. The quantitative estimate of drug-likeness (QED) is 0.910. The van der Waals surface area contributed by atoms with Gasteiger partial charge in [-0.1, -0.05) is 11.6 Å². The summed E-state index contributed by atoms with van der Waals surface area (Å²) in [6, 6.07) is 2.38. The SMILES string of the molecule is Cc1cc(C2CCCN2C(=O)C2CC3CCCC(C2)C3N)on1. The van der Waals surface area contributed by atoms with E-state index in [9.17, 15) is 4.79 Å². The van der Waals surface area contributed by atoms with Crippen LogP contribution in [0.2, 0.25) is 0 Å². The summed E-state index contributed by atoms with van der Waals surface area (Å²) >= 11 is 0. The third-order valence-electron chi connectivity index (χ3n) is 6.27. The van der Waals surface area contributed by atoms with Gasteiger partial charge in [0.25, 0.3) is 0 Å². The molecule has 5 nitrogen and oxygen atoms in total. The largest absolute Gasteiger partial charge is 0.359 e. The van der Waals surface area contributed by atoms with E-state index >= 15 is 0 Å². The summed E-state index contributed by atoms with van der Waals surface area (Å²) in [4.78, 5) is 15.2. The molecular weight excluding hydrogens is 290 g/mol. The van der Waals surface area contributed by atoms with Crippen molar-refractivity contribution in [2.45, 2.75) is 64.0 Å². The van der Waals surface area contributed by atoms with Gasteiger partial charge in [-0.2, -0.15) is 0 Å². The predicted molar refractivity (Wildman–Crippen MR) is 86.5 cm³/mol. The molecule has 3 aliphatic rings. The second-order valence-corrected chi connectivity index (χ2v) is 7.76. The van der Waals surface area contributed by atoms with Crippen LogP contribution >= 0.6 is 0 Å². The Morgan fingerprint density at radius 3 is 2.65 bits per heavy atom. The van der Waals surface area contributed by atoms with Gasteiger partial charge < -0.3 is 15.2 Å². The van der Waals surface area contributed by atoms with Crippen LogP contribution in [0.15, 0.2) is 10.6 Å². The van der Waals surface area contributed by atoms with Crippen LogP contribution in [0.4, 0.5) is 0 Å². The fourth-order valence-corrected chi connectivity index (χ4v) is 5.09. The Morgan fingerprint density at radius 1 is 1.26 bits per heavy atom. The molecule has 3 atom stereocenters. The molecule has 2 saturated carbocycles. The Balaban J connectivity index is 1.50. The fraction of sp³-hybridized carbons (Fsp3) is 0.778. The van der Waals surface area contributed by atoms with Gasteiger partial charge >= 0.3 is 0 Å². The van der Waals surface area contributed by atoms with Gasteiger partial charge in [-0.15, -0.1) is 0 Å². The second-order valence-electron chi connectivity index (χ2n) is 7.76. The lowest BCUT2D eigenvalue weighted by atomic mass is 9.65. The number of aryl methyl sites for hydroxylation is 1. The first-order valence-corrected chi connectivity index (χ1v) is 9.12. The molecule has 0 aromatic carbocycles. The summed E-state index contributed by atoms with van der Waals surface area (Å²) in [6.45, 7) is 2.78. The van der Waals surface area contributed by atoms with Gasteiger partial charge in [-0.3, -0.25) is 4.79 Å². The highest BCUT2D eigenvalue weighted by Gasteiger charge is 2.43. The Hall–Kier alpha value is -1.36. The lowest BCUT2D eigenvalue weighted by Crippen LogP contribution is -2.49. The summed E-state index contributed by atoms with van der Waals surface area (Å²) in [5, 5.41) is 3.99. The van der Waals surface area contributed by atoms with Gasteiger partial charge in [-0.05, 0) is 57.3 Å². The summed E-state index contributed by atoms with van der Waals surface area (Å²) in [5.41, 5.74) is 7.26. The first-order valence-electron chi connectivity index (χ1n) is 9.12. The first kappa shape index (κ1) is 15.2. The predicted octanol–water partition coefficient (Wildman–Crippen LogP) is 2.80. The minimum absolute atomic E-state index is 0.0825. The van der Waals surface area contributed by atoms with Gasteiger partial charge in [0, 0.05) is 24.6 Å². The van der Waals surface area contributed by atoms with Gasteiger partial charge in [0.1, 0.15) is 0 Å². The maximum atomic E-state index is 13.2. The number of hydrogen-bond acceptors (Lipinski definition) is 4. The zero-order valence-electron chi connectivity index (χ0n) is 13.9. The van der Waals surface area contributed by atoms with E-state index in [4.69, 9.17) is 10.3 Å². The van der Waals surface area contributed by atoms with E-state index in [1.807, 2.05) is 13.0 Å². The number of nitrogens with two attached hydrogens (primary N) is 1. The van der Waals surface area contributed by atoms with Crippen LogP contribution in [-0.2, 0) is 4.79 Å². The highest BCUT2D eigenvalue weighted by molar-refractivity contribution is 5.79. The molecule has 23 heavy (non-hydrogen) atoms. The Kier molecular flexibility index (Phi) is 3.92. The summed E-state index contributed by atoms with van der Waals surface area (Å²) < 4.78 is 5.44. The van der Waals surface area contributed by atoms with E-state index in [1.165, 1.54) is 19.3 Å². The zero-order valence-corrected chi connectivity index (χ0v) is 13.9. The smallest absolute Gasteiger partial charge is 0.226 e. The minimum atomic E-state index is 0.0825. The van der Waals surface area contributed by atoms with Crippen molar-refractivity contribution in [1.82, 2.24) is 10.1 Å². The number of fused-ring (bicyclic) bond motifs is 2. The molecule has 4 rings (SSSR count). The lowest BCUT2D eigenvalue weighted by molar-refractivity contribution is -0.140. The molecule has 2 aliphatic carbocycles. The topological polar surface area (TPSA) is 72.4 Å². The van der Waals surface area contributed by atoms with E-state index in [0.717, 1.165) is 43.7 Å². The molecule has 3 fully saturated rings. The zero-order chi connectivity index (χ0) is 16.0. The molecule has 3 unspecified atom stereocenters. The number of aromatic nitrogens is 1. The highest BCUT2D eigenvalue weighted by atomic mass is 16.5. The van der Waals surface area contributed by atoms with E-state index in [1.54, 1.807) is 0 Å². The Bertz CT molecular complexity index is 571. The van der Waals surface area contributed by atoms with Gasteiger partial charge in [0.05, 0.1) is 11.7 Å². The molecule has 1 amide bonds. The number of amides is 1. The van der Waals surface area contributed by atoms with Gasteiger partial charge in [-0.25, -0.2) is 0 Å². The molecule has 1 aromatic rings. The van der Waals surface area contributed by atoms with Crippen LogP contribution < -0.4 is 5.73 Å². The Morgan fingerprint density at radius 2 is 2.00 bits per heavy atom. The number of carbonyl (C=O) groups excluding carboxylic acids is 1. The van der Waals surface area contributed by atoms with Gasteiger partial charge in [0.15, 0.2) is 5.76 Å². The van der Waals surface area contributed by atoms with E-state index in [2.05, 4.69) is 10.1 Å². The highest BCUT2D eigenvalue weighted by Crippen LogP contribution is 2.44. The van der Waals surface area contributed by atoms with Crippen LogP contribution in [0.3, 0.4) is 0 Å².